The quantitative estimate of drug-likeness (QED) is 0.570. The molecule has 2 atom stereocenters. The van der Waals surface area contributed by atoms with Gasteiger partial charge in [0.05, 0.1) is 25.3 Å². The molecule has 2 aliphatic rings. The van der Waals surface area contributed by atoms with Gasteiger partial charge in [0, 0.05) is 38.7 Å². The normalized spacial score (nSPS) is 22.2. The van der Waals surface area contributed by atoms with Crippen molar-refractivity contribution < 1.29 is 9.47 Å². The van der Waals surface area contributed by atoms with E-state index in [-0.39, 0.29) is 17.7 Å². The van der Waals surface area contributed by atoms with Gasteiger partial charge in [0.2, 0.25) is 0 Å². The molecule has 166 valence electrons. The van der Waals surface area contributed by atoms with Crippen LogP contribution in [0.2, 0.25) is 0 Å². The fourth-order valence-corrected chi connectivity index (χ4v) is 4.51. The van der Waals surface area contributed by atoms with Gasteiger partial charge in [0.15, 0.2) is 5.96 Å². The Kier molecular flexibility index (Phi) is 6.78. The van der Waals surface area contributed by atoms with Gasteiger partial charge < -0.3 is 20.1 Å². The van der Waals surface area contributed by atoms with E-state index in [1.165, 1.54) is 11.1 Å². The molecule has 1 saturated heterocycles. The summed E-state index contributed by atoms with van der Waals surface area (Å²) >= 11 is 0. The van der Waals surface area contributed by atoms with Gasteiger partial charge in [-0.1, -0.05) is 48.5 Å². The smallest absolute Gasteiger partial charge is 0.191 e. The van der Waals surface area contributed by atoms with Crippen molar-refractivity contribution in [3.63, 3.8) is 0 Å². The average Bonchev–Trinajstić information content (AvgIpc) is 2.79. The highest BCUT2D eigenvalue weighted by Crippen LogP contribution is 2.39. The van der Waals surface area contributed by atoms with Gasteiger partial charge in [0.25, 0.3) is 0 Å². The van der Waals surface area contributed by atoms with E-state index in [4.69, 9.17) is 9.47 Å². The minimum Gasteiger partial charge on any atom is -0.487 e. The number of benzene rings is 2. The zero-order valence-corrected chi connectivity index (χ0v) is 18.8. The van der Waals surface area contributed by atoms with Crippen LogP contribution in [0.4, 0.5) is 0 Å². The first kappa shape index (κ1) is 21.7. The molecule has 2 aromatic rings. The van der Waals surface area contributed by atoms with Crippen molar-refractivity contribution in [2.75, 3.05) is 39.9 Å². The maximum Gasteiger partial charge on any atom is 0.191 e. The Balaban J connectivity index is 1.47. The molecule has 0 saturated carbocycles. The topological polar surface area (TPSA) is 58.1 Å². The lowest BCUT2D eigenvalue weighted by Crippen LogP contribution is -2.48. The molecular weight excluding hydrogens is 388 g/mol. The lowest BCUT2D eigenvalue weighted by Gasteiger charge is -2.39. The van der Waals surface area contributed by atoms with Crippen LogP contribution in [0.5, 0.6) is 5.75 Å². The van der Waals surface area contributed by atoms with Crippen LogP contribution in [0.1, 0.15) is 43.5 Å². The number of aliphatic imine (C=N–C) groups is 1. The largest absolute Gasteiger partial charge is 0.487 e. The summed E-state index contributed by atoms with van der Waals surface area (Å²) in [7, 11) is 1.83. The zero-order valence-electron chi connectivity index (χ0n) is 18.8. The van der Waals surface area contributed by atoms with E-state index in [1.54, 1.807) is 0 Å². The molecule has 4 rings (SSSR count). The number of guanidine groups is 1. The van der Waals surface area contributed by atoms with Crippen LogP contribution >= 0.6 is 0 Å². The first-order valence-corrected chi connectivity index (χ1v) is 11.2. The van der Waals surface area contributed by atoms with Crippen molar-refractivity contribution in [3.05, 3.63) is 65.7 Å². The van der Waals surface area contributed by atoms with Gasteiger partial charge >= 0.3 is 0 Å². The Morgan fingerprint density at radius 2 is 1.81 bits per heavy atom. The number of para-hydroxylation sites is 1. The molecule has 0 amide bonds. The molecule has 1 fully saturated rings. The number of hydrogen-bond donors (Lipinski definition) is 2. The van der Waals surface area contributed by atoms with Gasteiger partial charge in [-0.25, -0.2) is 0 Å². The lowest BCUT2D eigenvalue weighted by atomic mass is 9.90. The molecule has 2 unspecified atom stereocenters. The number of rotatable bonds is 5. The summed E-state index contributed by atoms with van der Waals surface area (Å²) in [6, 6.07) is 19.4. The van der Waals surface area contributed by atoms with Gasteiger partial charge in [-0.3, -0.25) is 9.89 Å². The van der Waals surface area contributed by atoms with E-state index in [9.17, 15) is 0 Å². The maximum absolute atomic E-state index is 6.18. The molecule has 2 aromatic carbocycles. The van der Waals surface area contributed by atoms with Crippen molar-refractivity contribution in [2.24, 2.45) is 4.99 Å². The number of ether oxygens (including phenoxy) is 2. The van der Waals surface area contributed by atoms with E-state index in [0.717, 1.165) is 51.0 Å². The highest BCUT2D eigenvalue weighted by molar-refractivity contribution is 5.80. The Bertz CT molecular complexity index is 878. The fraction of sp³-hybridized carbons (Fsp3) is 0.480. The predicted molar refractivity (Wildman–Crippen MR) is 125 cm³/mol. The van der Waals surface area contributed by atoms with Crippen molar-refractivity contribution in [1.29, 1.82) is 0 Å². The summed E-state index contributed by atoms with van der Waals surface area (Å²) in [5.74, 6) is 1.76. The lowest BCUT2D eigenvalue weighted by molar-refractivity contribution is 0.0169. The van der Waals surface area contributed by atoms with Gasteiger partial charge in [0.1, 0.15) is 11.4 Å². The summed E-state index contributed by atoms with van der Waals surface area (Å²) in [5, 5.41) is 7.23. The van der Waals surface area contributed by atoms with E-state index < -0.39 is 0 Å². The summed E-state index contributed by atoms with van der Waals surface area (Å²) in [6.07, 6.45) is 0.871. The predicted octanol–water partition coefficient (Wildman–Crippen LogP) is 3.53. The molecule has 0 spiro atoms. The number of nitrogens with one attached hydrogen (secondary N) is 2. The summed E-state index contributed by atoms with van der Waals surface area (Å²) < 4.78 is 11.8. The molecule has 0 aliphatic carbocycles. The summed E-state index contributed by atoms with van der Waals surface area (Å²) in [5.41, 5.74) is 2.26. The van der Waals surface area contributed by atoms with Gasteiger partial charge in [-0.15, -0.1) is 0 Å². The monoisotopic (exact) mass is 422 g/mol. The second-order valence-corrected chi connectivity index (χ2v) is 8.83. The van der Waals surface area contributed by atoms with Crippen LogP contribution in [-0.2, 0) is 4.74 Å². The SMILES string of the molecule is CN=C(NCC(c1ccccc1)N1CCOCC1)NC1CC(C)(C)Oc2ccccc21. The first-order chi connectivity index (χ1) is 15.1. The molecular formula is C25H34N4O2. The fourth-order valence-electron chi connectivity index (χ4n) is 4.51. The maximum atomic E-state index is 6.18. The minimum atomic E-state index is -0.231. The second kappa shape index (κ2) is 9.71. The van der Waals surface area contributed by atoms with Crippen molar-refractivity contribution in [3.8, 4) is 5.75 Å². The van der Waals surface area contributed by atoms with Crippen LogP contribution in [0, 0.1) is 0 Å². The molecule has 0 aromatic heterocycles. The van der Waals surface area contributed by atoms with Crippen LogP contribution in [0.3, 0.4) is 0 Å². The van der Waals surface area contributed by atoms with Crippen LogP contribution in [0.15, 0.2) is 59.6 Å². The van der Waals surface area contributed by atoms with E-state index >= 15 is 0 Å². The number of morpholine rings is 1. The molecule has 0 bridgehead atoms. The Morgan fingerprint density at radius 3 is 2.55 bits per heavy atom. The number of nitrogens with zero attached hydrogens (tertiary/aromatic N) is 2. The van der Waals surface area contributed by atoms with Crippen molar-refractivity contribution in [1.82, 2.24) is 15.5 Å². The third-order valence-corrected chi connectivity index (χ3v) is 6.04. The Hall–Kier alpha value is -2.57. The van der Waals surface area contributed by atoms with E-state index in [2.05, 4.69) is 76.8 Å². The summed E-state index contributed by atoms with van der Waals surface area (Å²) in [4.78, 5) is 7.02. The van der Waals surface area contributed by atoms with Crippen LogP contribution in [-0.4, -0.2) is 56.4 Å². The van der Waals surface area contributed by atoms with Gasteiger partial charge in [-0.2, -0.15) is 0 Å². The summed E-state index contributed by atoms with van der Waals surface area (Å²) in [6.45, 7) is 8.49. The average molecular weight is 423 g/mol. The van der Waals surface area contributed by atoms with E-state index in [1.807, 2.05) is 19.2 Å². The zero-order chi connectivity index (χ0) is 21.7. The third kappa shape index (κ3) is 5.38. The van der Waals surface area contributed by atoms with E-state index in [0.29, 0.717) is 0 Å². The molecule has 6 heteroatoms. The molecule has 2 heterocycles. The van der Waals surface area contributed by atoms with Crippen LogP contribution in [0.25, 0.3) is 0 Å². The van der Waals surface area contributed by atoms with Gasteiger partial charge in [-0.05, 0) is 25.5 Å². The second-order valence-electron chi connectivity index (χ2n) is 8.83. The number of fused-ring (bicyclic) bond motifs is 1. The molecule has 2 aliphatic heterocycles. The molecule has 31 heavy (non-hydrogen) atoms. The number of hydrogen-bond acceptors (Lipinski definition) is 4. The Labute approximate surface area is 185 Å². The highest BCUT2D eigenvalue weighted by atomic mass is 16.5. The molecule has 2 N–H and O–H groups in total. The Morgan fingerprint density at radius 1 is 1.10 bits per heavy atom. The van der Waals surface area contributed by atoms with Crippen LogP contribution < -0.4 is 15.4 Å². The van der Waals surface area contributed by atoms with Crippen molar-refractivity contribution in [2.45, 2.75) is 38.0 Å². The first-order valence-electron chi connectivity index (χ1n) is 11.2. The highest BCUT2D eigenvalue weighted by Gasteiger charge is 2.34. The standard InChI is InChI=1S/C25H34N4O2/c1-25(2)17-21(20-11-7-8-12-23(20)31-25)28-24(26-3)27-18-22(19-9-5-4-6-10-19)29-13-15-30-16-14-29/h4-12,21-22H,13-18H2,1-3H3,(H2,26,27,28). The minimum absolute atomic E-state index is 0.143. The third-order valence-electron chi connectivity index (χ3n) is 6.04. The molecule has 0 radical (unpaired) electrons. The van der Waals surface area contributed by atoms with Crippen molar-refractivity contribution >= 4 is 5.96 Å². The molecule has 6 nitrogen and oxygen atoms in total.